The maximum Gasteiger partial charge on any atom is 0.256 e. The van der Waals surface area contributed by atoms with Crippen LogP contribution in [-0.4, -0.2) is 35.1 Å². The molecule has 0 unspecified atom stereocenters. The fourth-order valence-electron chi connectivity index (χ4n) is 0.922. The van der Waals surface area contributed by atoms with Crippen molar-refractivity contribution in [1.29, 1.82) is 0 Å². The Balaban J connectivity index is 4.68. The van der Waals surface area contributed by atoms with Gasteiger partial charge in [-0.25, -0.2) is 0 Å². The number of nitrogens with two attached hydrogens (primary N) is 4. The first-order valence-electron chi connectivity index (χ1n) is 4.60. The molecule has 0 atom stereocenters. The Morgan fingerprint density at radius 3 is 2.00 bits per heavy atom. The van der Waals surface area contributed by atoms with Crippen molar-refractivity contribution < 1.29 is 4.68 Å². The number of hydrogen-bond acceptors (Lipinski definition) is 3. The summed E-state index contributed by atoms with van der Waals surface area (Å²) in [6.45, 7) is 3.68. The van der Waals surface area contributed by atoms with Gasteiger partial charge in [-0.15, -0.1) is 5.10 Å². The molecule has 0 aliphatic rings. The Hall–Kier alpha value is -2.12. The van der Waals surface area contributed by atoms with E-state index in [0.717, 1.165) is 11.4 Å². The zero-order chi connectivity index (χ0) is 12.7. The fraction of sp³-hybridized carbons (Fsp3) is 0.500. The highest BCUT2D eigenvalue weighted by atomic mass is 15.4. The molecule has 0 spiro atoms. The molecular formula is C8H19N8+. The minimum atomic E-state index is -0.0745. The molecule has 0 radical (unpaired) electrons. The average Bonchev–Trinajstić information content (AvgIpc) is 2.13. The van der Waals surface area contributed by atoms with Gasteiger partial charge < -0.3 is 22.9 Å². The van der Waals surface area contributed by atoms with E-state index in [1.807, 2.05) is 6.92 Å². The van der Waals surface area contributed by atoms with Gasteiger partial charge in [-0.1, -0.05) is 4.68 Å². The van der Waals surface area contributed by atoms with Crippen molar-refractivity contribution in [3.05, 3.63) is 0 Å². The Bertz CT molecular complexity index is 354. The molecule has 8 nitrogen and oxygen atoms in total. The molecule has 0 rings (SSSR count). The maximum atomic E-state index is 5.25. The first kappa shape index (κ1) is 13.9. The molecule has 0 heterocycles. The van der Waals surface area contributed by atoms with Crippen molar-refractivity contribution in [2.24, 2.45) is 38.2 Å². The van der Waals surface area contributed by atoms with Crippen molar-refractivity contribution in [3.63, 3.8) is 0 Å². The zero-order valence-corrected chi connectivity index (χ0v) is 9.81. The van der Waals surface area contributed by atoms with Crippen LogP contribution in [0.2, 0.25) is 0 Å². The van der Waals surface area contributed by atoms with Gasteiger partial charge in [0.15, 0.2) is 12.8 Å². The molecule has 0 saturated carbocycles. The summed E-state index contributed by atoms with van der Waals surface area (Å²) in [7, 11) is 1.74. The van der Waals surface area contributed by atoms with E-state index in [0.29, 0.717) is 6.42 Å². The van der Waals surface area contributed by atoms with E-state index in [9.17, 15) is 0 Å². The van der Waals surface area contributed by atoms with Crippen LogP contribution >= 0.6 is 0 Å². The molecule has 0 saturated heterocycles. The number of rotatable bonds is 4. The first-order chi connectivity index (χ1) is 7.32. The topological polar surface area (TPSA) is 144 Å². The molecule has 0 bridgehead atoms. The lowest BCUT2D eigenvalue weighted by Gasteiger charge is -1.96. The molecule has 0 amide bonds. The van der Waals surface area contributed by atoms with E-state index in [4.69, 9.17) is 22.9 Å². The van der Waals surface area contributed by atoms with Crippen LogP contribution in [0.1, 0.15) is 20.3 Å². The van der Waals surface area contributed by atoms with E-state index in [1.54, 1.807) is 18.7 Å². The summed E-state index contributed by atoms with van der Waals surface area (Å²) in [5, 5.41) is 11.2. The Kier molecular flexibility index (Phi) is 5.53. The van der Waals surface area contributed by atoms with Gasteiger partial charge in [0.2, 0.25) is 5.96 Å². The van der Waals surface area contributed by atoms with Gasteiger partial charge in [0, 0.05) is 17.7 Å². The van der Waals surface area contributed by atoms with Gasteiger partial charge >= 0.3 is 0 Å². The van der Waals surface area contributed by atoms with Gasteiger partial charge in [0.05, 0.1) is 6.42 Å². The van der Waals surface area contributed by atoms with Gasteiger partial charge in [-0.05, 0) is 6.92 Å². The molecular weight excluding hydrogens is 208 g/mol. The third-order valence-electron chi connectivity index (χ3n) is 1.67. The molecule has 90 valence electrons. The molecule has 0 aliphatic heterocycles. The van der Waals surface area contributed by atoms with Gasteiger partial charge in [-0.2, -0.15) is 5.10 Å². The predicted octanol–water partition coefficient (Wildman–Crippen LogP) is -1.68. The Morgan fingerprint density at radius 2 is 1.56 bits per heavy atom. The van der Waals surface area contributed by atoms with Crippen molar-refractivity contribution in [3.8, 4) is 0 Å². The zero-order valence-electron chi connectivity index (χ0n) is 9.81. The van der Waals surface area contributed by atoms with Crippen LogP contribution in [0.3, 0.4) is 0 Å². The second-order valence-electron chi connectivity index (χ2n) is 3.32. The third kappa shape index (κ3) is 6.35. The van der Waals surface area contributed by atoms with Crippen molar-refractivity contribution in [1.82, 2.24) is 0 Å². The molecule has 0 aromatic rings. The van der Waals surface area contributed by atoms with Crippen LogP contribution < -0.4 is 22.9 Å². The van der Waals surface area contributed by atoms with Crippen LogP contribution in [0, 0.1) is 0 Å². The summed E-state index contributed by atoms with van der Waals surface area (Å²) < 4.78 is 1.57. The highest BCUT2D eigenvalue weighted by Crippen LogP contribution is 1.92. The lowest BCUT2D eigenvalue weighted by molar-refractivity contribution is -0.504. The summed E-state index contributed by atoms with van der Waals surface area (Å²) in [5.74, 6) is -0.0738. The van der Waals surface area contributed by atoms with E-state index < -0.39 is 0 Å². The third-order valence-corrected chi connectivity index (χ3v) is 1.67. The summed E-state index contributed by atoms with van der Waals surface area (Å²) in [5.41, 5.74) is 22.5. The summed E-state index contributed by atoms with van der Waals surface area (Å²) in [6.07, 6.45) is 0.573. The monoisotopic (exact) mass is 227 g/mol. The molecule has 0 aromatic carbocycles. The maximum absolute atomic E-state index is 5.25. The van der Waals surface area contributed by atoms with Crippen LogP contribution in [0.15, 0.2) is 15.3 Å². The SMILES string of the molecule is CC(CC(C)=[N+](C)N=C(N)N)=NN=C(N)N. The van der Waals surface area contributed by atoms with Crippen molar-refractivity contribution in [2.45, 2.75) is 20.3 Å². The van der Waals surface area contributed by atoms with Crippen LogP contribution in [0.5, 0.6) is 0 Å². The van der Waals surface area contributed by atoms with Crippen LogP contribution in [0.25, 0.3) is 0 Å². The molecule has 0 aliphatic carbocycles. The standard InChI is InChI=1S/C8H19N8/c1-5(13-14-7(9)10)4-6(2)16(3)15-8(11)12/h4H2,1-3H3,(H4,9,10,14)(H4,11,12,15)/q+1. The second kappa shape index (κ2) is 6.38. The Labute approximate surface area is 94.4 Å². The summed E-state index contributed by atoms with van der Waals surface area (Å²) in [6, 6.07) is 0. The van der Waals surface area contributed by atoms with E-state index in [2.05, 4.69) is 15.3 Å². The van der Waals surface area contributed by atoms with E-state index >= 15 is 0 Å². The van der Waals surface area contributed by atoms with Gasteiger partial charge in [0.25, 0.3) is 5.96 Å². The van der Waals surface area contributed by atoms with Crippen molar-refractivity contribution >= 4 is 23.3 Å². The van der Waals surface area contributed by atoms with E-state index in [-0.39, 0.29) is 11.9 Å². The van der Waals surface area contributed by atoms with Crippen LogP contribution in [-0.2, 0) is 0 Å². The fourth-order valence-corrected chi connectivity index (χ4v) is 0.922. The first-order valence-corrected chi connectivity index (χ1v) is 4.60. The quantitative estimate of drug-likeness (QED) is 0.197. The number of nitrogens with zero attached hydrogens (tertiary/aromatic N) is 4. The van der Waals surface area contributed by atoms with E-state index in [1.165, 1.54) is 0 Å². The largest absolute Gasteiger partial charge is 0.369 e. The van der Waals surface area contributed by atoms with Crippen molar-refractivity contribution in [2.75, 3.05) is 7.05 Å². The molecule has 0 aromatic heterocycles. The predicted molar refractivity (Wildman–Crippen MR) is 66.2 cm³/mol. The summed E-state index contributed by atoms with van der Waals surface area (Å²) in [4.78, 5) is 0. The second-order valence-corrected chi connectivity index (χ2v) is 3.32. The lowest BCUT2D eigenvalue weighted by atomic mass is 10.2. The lowest BCUT2D eigenvalue weighted by Crippen LogP contribution is -2.26. The normalized spacial score (nSPS) is 12.8. The van der Waals surface area contributed by atoms with Crippen LogP contribution in [0.4, 0.5) is 0 Å². The number of hydrazone groups is 1. The molecule has 16 heavy (non-hydrogen) atoms. The average molecular weight is 227 g/mol. The highest BCUT2D eigenvalue weighted by Gasteiger charge is 2.06. The number of hydrogen-bond donors (Lipinski definition) is 4. The molecule has 8 N–H and O–H groups in total. The Morgan fingerprint density at radius 1 is 1.00 bits per heavy atom. The smallest absolute Gasteiger partial charge is 0.256 e. The minimum Gasteiger partial charge on any atom is -0.369 e. The molecule has 0 fully saturated rings. The van der Waals surface area contributed by atoms with Gasteiger partial charge in [0.1, 0.15) is 0 Å². The number of guanidine groups is 2. The molecule has 8 heteroatoms. The van der Waals surface area contributed by atoms with Gasteiger partial charge in [-0.3, -0.25) is 0 Å². The summed E-state index contributed by atoms with van der Waals surface area (Å²) >= 11 is 0. The highest BCUT2D eigenvalue weighted by molar-refractivity contribution is 6.00. The minimum absolute atomic E-state index is 0.000616.